The van der Waals surface area contributed by atoms with Gasteiger partial charge in [-0.25, -0.2) is 0 Å². The largest absolute Gasteiger partial charge is 0.497 e. The zero-order valence-electron chi connectivity index (χ0n) is 17.5. The van der Waals surface area contributed by atoms with Crippen molar-refractivity contribution in [3.63, 3.8) is 0 Å². The first-order valence-electron chi connectivity index (χ1n) is 10.4. The number of carbonyl (C=O) groups is 2. The highest BCUT2D eigenvalue weighted by molar-refractivity contribution is 8.23. The van der Waals surface area contributed by atoms with Gasteiger partial charge >= 0.3 is 0 Å². The Morgan fingerprint density at radius 1 is 1.37 bits per heavy atom. The number of ketones is 1. The molecule has 1 amide bonds. The molecule has 0 spiro atoms. The molecule has 162 valence electrons. The van der Waals surface area contributed by atoms with Gasteiger partial charge in [0.25, 0.3) is 0 Å². The molecule has 3 aliphatic heterocycles. The number of thioether (sulfide) groups is 2. The number of ether oxygens (including phenoxy) is 1. The van der Waals surface area contributed by atoms with Crippen molar-refractivity contribution in [1.29, 1.82) is 0 Å². The predicted octanol–water partition coefficient (Wildman–Crippen LogP) is 3.18. The van der Waals surface area contributed by atoms with Crippen LogP contribution in [0.15, 0.2) is 34.2 Å². The first-order valence-corrected chi connectivity index (χ1v) is 12.1. The molecule has 4 atom stereocenters. The SMILES string of the molecule is CC[C@H](O)[C@@H]1C(=O)N2C(C)=C(S[C@H]3CCN(CC(=O)c4ccc(OC)cc4)C3)S[C@H]12. The summed E-state index contributed by atoms with van der Waals surface area (Å²) in [6, 6.07) is 7.26. The first kappa shape index (κ1) is 21.7. The molecule has 0 aliphatic carbocycles. The number of amides is 1. The van der Waals surface area contributed by atoms with Crippen molar-refractivity contribution in [2.75, 3.05) is 26.7 Å². The topological polar surface area (TPSA) is 70.1 Å². The average Bonchev–Trinajstić information content (AvgIpc) is 3.30. The summed E-state index contributed by atoms with van der Waals surface area (Å²) in [4.78, 5) is 29.1. The van der Waals surface area contributed by atoms with Crippen LogP contribution in [0.25, 0.3) is 0 Å². The van der Waals surface area contributed by atoms with Gasteiger partial charge in [-0.2, -0.15) is 0 Å². The Hall–Kier alpha value is -1.48. The fraction of sp³-hybridized carbons (Fsp3) is 0.545. The number of benzene rings is 1. The van der Waals surface area contributed by atoms with Gasteiger partial charge in [0.2, 0.25) is 5.91 Å². The van der Waals surface area contributed by atoms with Gasteiger partial charge in [-0.1, -0.05) is 18.7 Å². The number of carbonyl (C=O) groups excluding carboxylic acids is 2. The summed E-state index contributed by atoms with van der Waals surface area (Å²) in [7, 11) is 1.61. The first-order chi connectivity index (χ1) is 14.4. The smallest absolute Gasteiger partial charge is 0.236 e. The molecule has 0 aromatic heterocycles. The Bertz CT molecular complexity index is 857. The lowest BCUT2D eigenvalue weighted by Crippen LogP contribution is -2.60. The van der Waals surface area contributed by atoms with Gasteiger partial charge in [0.15, 0.2) is 5.78 Å². The van der Waals surface area contributed by atoms with Crippen LogP contribution < -0.4 is 4.74 Å². The minimum Gasteiger partial charge on any atom is -0.497 e. The van der Waals surface area contributed by atoms with Crippen LogP contribution in [0.1, 0.15) is 37.0 Å². The third-order valence-corrected chi connectivity index (χ3v) is 9.14. The van der Waals surface area contributed by atoms with Crippen LogP contribution in [-0.2, 0) is 4.79 Å². The fourth-order valence-corrected chi connectivity index (χ4v) is 7.55. The van der Waals surface area contributed by atoms with Crippen LogP contribution in [0.4, 0.5) is 0 Å². The predicted molar refractivity (Wildman–Crippen MR) is 120 cm³/mol. The third kappa shape index (κ3) is 4.02. The number of hydrogen-bond acceptors (Lipinski definition) is 7. The fourth-order valence-electron chi connectivity index (χ4n) is 4.24. The van der Waals surface area contributed by atoms with Crippen molar-refractivity contribution in [2.24, 2.45) is 5.92 Å². The summed E-state index contributed by atoms with van der Waals surface area (Å²) in [6.45, 7) is 6.11. The van der Waals surface area contributed by atoms with Crippen LogP contribution in [0.3, 0.4) is 0 Å². The van der Waals surface area contributed by atoms with Crippen LogP contribution in [0.2, 0.25) is 0 Å². The van der Waals surface area contributed by atoms with Crippen LogP contribution >= 0.6 is 23.5 Å². The molecule has 0 radical (unpaired) electrons. The second-order valence-corrected chi connectivity index (χ2v) is 10.7. The maximum Gasteiger partial charge on any atom is 0.236 e. The summed E-state index contributed by atoms with van der Waals surface area (Å²) in [5.74, 6) is 0.641. The van der Waals surface area contributed by atoms with E-state index in [4.69, 9.17) is 4.74 Å². The Morgan fingerprint density at radius 2 is 2.10 bits per heavy atom. The van der Waals surface area contributed by atoms with Crippen molar-refractivity contribution >= 4 is 35.2 Å². The van der Waals surface area contributed by atoms with Crippen molar-refractivity contribution < 1.29 is 19.4 Å². The van der Waals surface area contributed by atoms with E-state index in [0.717, 1.165) is 31.0 Å². The molecule has 3 aliphatic rings. The lowest BCUT2D eigenvalue weighted by atomic mass is 9.90. The summed E-state index contributed by atoms with van der Waals surface area (Å²) in [5, 5.41) is 10.6. The van der Waals surface area contributed by atoms with Crippen molar-refractivity contribution in [3.8, 4) is 5.75 Å². The highest BCUT2D eigenvalue weighted by Gasteiger charge is 2.55. The molecule has 1 aromatic rings. The van der Waals surface area contributed by atoms with Gasteiger partial charge in [0.05, 0.1) is 29.9 Å². The maximum absolute atomic E-state index is 12.6. The number of likely N-dealkylation sites (tertiary alicyclic amines) is 1. The Balaban J connectivity index is 1.30. The van der Waals surface area contributed by atoms with Gasteiger partial charge in [0, 0.05) is 23.1 Å². The highest BCUT2D eigenvalue weighted by Crippen LogP contribution is 2.55. The molecule has 30 heavy (non-hydrogen) atoms. The van der Waals surface area contributed by atoms with Gasteiger partial charge in [0.1, 0.15) is 11.1 Å². The molecule has 1 N–H and O–H groups in total. The molecule has 2 fully saturated rings. The monoisotopic (exact) mass is 448 g/mol. The summed E-state index contributed by atoms with van der Waals surface area (Å²) in [6.07, 6.45) is 1.06. The van der Waals surface area contributed by atoms with E-state index in [1.165, 1.54) is 4.24 Å². The molecule has 2 saturated heterocycles. The Morgan fingerprint density at radius 3 is 2.77 bits per heavy atom. The Labute approximate surface area is 186 Å². The van der Waals surface area contributed by atoms with Crippen LogP contribution in [0, 0.1) is 5.92 Å². The maximum atomic E-state index is 12.6. The molecule has 8 heteroatoms. The zero-order chi connectivity index (χ0) is 21.4. The third-order valence-electron chi connectivity index (χ3n) is 6.08. The minimum absolute atomic E-state index is 0.0455. The summed E-state index contributed by atoms with van der Waals surface area (Å²) >= 11 is 3.54. The van der Waals surface area contributed by atoms with Crippen molar-refractivity contribution in [3.05, 3.63) is 39.8 Å². The number of Topliss-reactive ketones (excluding diaryl/α,β-unsaturated/α-hetero) is 1. The van der Waals surface area contributed by atoms with Gasteiger partial charge in [-0.05, 0) is 50.6 Å². The molecule has 6 nitrogen and oxygen atoms in total. The van der Waals surface area contributed by atoms with E-state index in [-0.39, 0.29) is 23.0 Å². The highest BCUT2D eigenvalue weighted by atomic mass is 32.2. The number of fused-ring (bicyclic) bond motifs is 1. The number of methoxy groups -OCH3 is 1. The second-order valence-electron chi connectivity index (χ2n) is 8.01. The molecular weight excluding hydrogens is 420 g/mol. The lowest BCUT2D eigenvalue weighted by Gasteiger charge is -2.44. The van der Waals surface area contributed by atoms with E-state index in [0.29, 0.717) is 23.8 Å². The molecule has 0 bridgehead atoms. The molecule has 1 aromatic carbocycles. The second kappa shape index (κ2) is 8.94. The van der Waals surface area contributed by atoms with E-state index >= 15 is 0 Å². The minimum atomic E-state index is -0.561. The number of aliphatic hydroxyl groups excluding tert-OH is 1. The molecule has 0 saturated carbocycles. The van der Waals surface area contributed by atoms with Gasteiger partial charge in [-0.15, -0.1) is 11.8 Å². The standard InChI is InChI=1S/C22H28N2O4S2/c1-4-17(25)19-20(27)24-13(2)22(30-21(19)24)29-16-9-10-23(11-16)12-18(26)14-5-7-15(28-3)8-6-14/h5-8,16-17,19,21,25H,4,9-12H2,1-3H3/t16-,17-,19+,21+/m0/s1. The van der Waals surface area contributed by atoms with Crippen LogP contribution in [-0.4, -0.2) is 70.1 Å². The quantitative estimate of drug-likeness (QED) is 0.484. The number of β-lactam (4-membered cyclic amide) rings is 1. The number of nitrogens with zero attached hydrogens (tertiary/aromatic N) is 2. The summed E-state index contributed by atoms with van der Waals surface area (Å²) in [5.41, 5.74) is 1.73. The number of hydrogen-bond donors (Lipinski definition) is 1. The van der Waals surface area contributed by atoms with Gasteiger partial charge in [-0.3, -0.25) is 14.5 Å². The van der Waals surface area contributed by atoms with Crippen molar-refractivity contribution in [1.82, 2.24) is 9.80 Å². The Kier molecular flexibility index (Phi) is 6.48. The lowest BCUT2D eigenvalue weighted by molar-refractivity contribution is -0.153. The van der Waals surface area contributed by atoms with Crippen LogP contribution in [0.5, 0.6) is 5.75 Å². The normalized spacial score (nSPS) is 27.3. The van der Waals surface area contributed by atoms with Crippen molar-refractivity contribution in [2.45, 2.75) is 43.4 Å². The number of aliphatic hydroxyl groups is 1. The number of rotatable bonds is 8. The summed E-state index contributed by atoms with van der Waals surface area (Å²) < 4.78 is 6.34. The van der Waals surface area contributed by atoms with E-state index in [1.54, 1.807) is 18.9 Å². The van der Waals surface area contributed by atoms with E-state index in [9.17, 15) is 14.7 Å². The molecule has 4 rings (SSSR count). The number of allylic oxidation sites excluding steroid dienone is 1. The zero-order valence-corrected chi connectivity index (χ0v) is 19.2. The van der Waals surface area contributed by atoms with Gasteiger partial charge < -0.3 is 14.7 Å². The molecule has 3 heterocycles. The van der Waals surface area contributed by atoms with E-state index in [1.807, 2.05) is 54.8 Å². The average molecular weight is 449 g/mol. The molecule has 0 unspecified atom stereocenters. The van der Waals surface area contributed by atoms with E-state index < -0.39 is 6.10 Å². The molecular formula is C22H28N2O4S2. The van der Waals surface area contributed by atoms with E-state index in [2.05, 4.69) is 4.90 Å².